The molecule has 0 N–H and O–H groups in total. The second kappa shape index (κ2) is 6.36. The molecule has 124 valence electrons. The average molecular weight is 361 g/mol. The normalized spacial score (nSPS) is 16.8. The van der Waals surface area contributed by atoms with Gasteiger partial charge in [0.2, 0.25) is 0 Å². The molecule has 4 nitrogen and oxygen atoms in total. The van der Waals surface area contributed by atoms with Crippen LogP contribution in [-0.4, -0.2) is 39.8 Å². The molecule has 1 saturated heterocycles. The van der Waals surface area contributed by atoms with Gasteiger partial charge in [0.15, 0.2) is 0 Å². The van der Waals surface area contributed by atoms with Gasteiger partial charge in [-0.2, -0.15) is 5.10 Å². The van der Waals surface area contributed by atoms with Crippen molar-refractivity contribution in [2.45, 2.75) is 18.9 Å². The summed E-state index contributed by atoms with van der Waals surface area (Å²) in [6, 6.07) is 8.11. The van der Waals surface area contributed by atoms with Gasteiger partial charge in [-0.05, 0) is 51.2 Å². The van der Waals surface area contributed by atoms with E-state index in [1.807, 2.05) is 36.7 Å². The van der Waals surface area contributed by atoms with Gasteiger partial charge in [0.25, 0.3) is 0 Å². The van der Waals surface area contributed by atoms with E-state index in [2.05, 4.69) is 21.6 Å². The highest BCUT2D eigenvalue weighted by atomic mass is 35.5. The Bertz CT molecular complexity index is 882. The highest BCUT2D eigenvalue weighted by molar-refractivity contribution is 6.42. The first-order chi connectivity index (χ1) is 11.6. The molecular formula is C18H18Cl2N4. The van der Waals surface area contributed by atoms with Crippen molar-refractivity contribution in [1.29, 1.82) is 0 Å². The van der Waals surface area contributed by atoms with Crippen molar-refractivity contribution in [2.24, 2.45) is 0 Å². The van der Waals surface area contributed by atoms with Crippen molar-refractivity contribution in [3.8, 4) is 11.3 Å². The predicted molar refractivity (Wildman–Crippen MR) is 98.8 cm³/mol. The number of aromatic nitrogens is 3. The Balaban J connectivity index is 1.83. The van der Waals surface area contributed by atoms with Crippen LogP contribution in [0.5, 0.6) is 0 Å². The van der Waals surface area contributed by atoms with E-state index in [1.165, 1.54) is 0 Å². The minimum atomic E-state index is 0.419. The first-order valence-electron chi connectivity index (χ1n) is 8.09. The molecule has 0 unspecified atom stereocenters. The minimum Gasteiger partial charge on any atom is -0.306 e. The van der Waals surface area contributed by atoms with Crippen molar-refractivity contribution < 1.29 is 0 Å². The van der Waals surface area contributed by atoms with E-state index in [0.29, 0.717) is 16.1 Å². The number of fused-ring (bicyclic) bond motifs is 1. The van der Waals surface area contributed by atoms with Crippen molar-refractivity contribution in [3.05, 3.63) is 46.7 Å². The molecule has 0 saturated carbocycles. The summed E-state index contributed by atoms with van der Waals surface area (Å²) in [4.78, 5) is 6.65. The third-order valence-electron chi connectivity index (χ3n) is 4.73. The number of benzene rings is 1. The molecule has 6 heteroatoms. The molecule has 0 spiro atoms. The summed E-state index contributed by atoms with van der Waals surface area (Å²) in [7, 11) is 2.17. The number of pyridine rings is 1. The number of hydrogen-bond acceptors (Lipinski definition) is 3. The molecule has 4 rings (SSSR count). The van der Waals surface area contributed by atoms with Crippen LogP contribution in [0.1, 0.15) is 18.9 Å². The molecule has 0 radical (unpaired) electrons. The van der Waals surface area contributed by atoms with E-state index in [-0.39, 0.29) is 0 Å². The van der Waals surface area contributed by atoms with Crippen LogP contribution in [0.3, 0.4) is 0 Å². The summed E-state index contributed by atoms with van der Waals surface area (Å²) < 4.78 is 2.17. The van der Waals surface area contributed by atoms with E-state index in [0.717, 1.165) is 48.1 Å². The predicted octanol–water partition coefficient (Wildman–Crippen LogP) is 4.67. The van der Waals surface area contributed by atoms with Gasteiger partial charge in [-0.25, -0.2) is 0 Å². The van der Waals surface area contributed by atoms with E-state index < -0.39 is 0 Å². The largest absolute Gasteiger partial charge is 0.306 e. The Labute approximate surface area is 151 Å². The summed E-state index contributed by atoms with van der Waals surface area (Å²) in [6.45, 7) is 2.19. The number of halogens is 2. The Kier molecular flexibility index (Phi) is 4.21. The van der Waals surface area contributed by atoms with Crippen LogP contribution in [0.15, 0.2) is 36.7 Å². The van der Waals surface area contributed by atoms with Crippen molar-refractivity contribution >= 4 is 34.1 Å². The first-order valence-corrected chi connectivity index (χ1v) is 8.85. The zero-order valence-electron chi connectivity index (χ0n) is 13.4. The highest BCUT2D eigenvalue weighted by Gasteiger charge is 2.23. The Hall–Kier alpha value is -1.62. The number of hydrogen-bond donors (Lipinski definition) is 0. The molecule has 24 heavy (non-hydrogen) atoms. The van der Waals surface area contributed by atoms with Gasteiger partial charge in [-0.3, -0.25) is 9.67 Å². The SMILES string of the molecule is CN1CCC(n2nc(-c3ccc(Cl)c(Cl)c3)c3cnccc32)CC1. The summed E-state index contributed by atoms with van der Waals surface area (Å²) in [6.07, 6.45) is 5.92. The maximum Gasteiger partial charge on any atom is 0.102 e. The average Bonchev–Trinajstić information content (AvgIpc) is 2.98. The third kappa shape index (κ3) is 2.79. The maximum absolute atomic E-state index is 6.20. The van der Waals surface area contributed by atoms with Crippen LogP contribution in [0, 0.1) is 0 Å². The van der Waals surface area contributed by atoms with Crippen molar-refractivity contribution in [1.82, 2.24) is 19.7 Å². The van der Waals surface area contributed by atoms with Crippen LogP contribution in [0.2, 0.25) is 10.0 Å². The van der Waals surface area contributed by atoms with Gasteiger partial charge in [-0.1, -0.05) is 29.3 Å². The number of likely N-dealkylation sites (tertiary alicyclic amines) is 1. The third-order valence-corrected chi connectivity index (χ3v) is 5.47. The van der Waals surface area contributed by atoms with Crippen LogP contribution < -0.4 is 0 Å². The van der Waals surface area contributed by atoms with Gasteiger partial charge in [0.1, 0.15) is 5.69 Å². The Morgan fingerprint density at radius 1 is 1.08 bits per heavy atom. The Morgan fingerprint density at radius 3 is 2.62 bits per heavy atom. The lowest BCUT2D eigenvalue weighted by Crippen LogP contribution is -2.31. The fraction of sp³-hybridized carbons (Fsp3) is 0.333. The summed E-state index contributed by atoms with van der Waals surface area (Å²) >= 11 is 12.3. The van der Waals surface area contributed by atoms with Crippen molar-refractivity contribution in [3.63, 3.8) is 0 Å². The number of rotatable bonds is 2. The molecule has 1 aliphatic rings. The van der Waals surface area contributed by atoms with Crippen molar-refractivity contribution in [2.75, 3.05) is 20.1 Å². The maximum atomic E-state index is 6.20. The topological polar surface area (TPSA) is 34.0 Å². The molecule has 0 amide bonds. The number of nitrogens with zero attached hydrogens (tertiary/aromatic N) is 4. The van der Waals surface area contributed by atoms with Crippen LogP contribution >= 0.6 is 23.2 Å². The molecule has 2 aromatic heterocycles. The second-order valence-corrected chi connectivity index (χ2v) is 7.16. The van der Waals surface area contributed by atoms with Gasteiger partial charge in [0.05, 0.1) is 21.6 Å². The smallest absolute Gasteiger partial charge is 0.102 e. The van der Waals surface area contributed by atoms with Gasteiger partial charge in [-0.15, -0.1) is 0 Å². The van der Waals surface area contributed by atoms with E-state index >= 15 is 0 Å². The van der Waals surface area contributed by atoms with Gasteiger partial charge >= 0.3 is 0 Å². The number of piperidine rings is 1. The lowest BCUT2D eigenvalue weighted by Gasteiger charge is -2.29. The lowest BCUT2D eigenvalue weighted by atomic mass is 10.1. The van der Waals surface area contributed by atoms with Crippen LogP contribution in [0.4, 0.5) is 0 Å². The summed E-state index contributed by atoms with van der Waals surface area (Å²) in [5, 5.41) is 7.08. The molecule has 1 aromatic carbocycles. The fourth-order valence-corrected chi connectivity index (χ4v) is 3.66. The summed E-state index contributed by atoms with van der Waals surface area (Å²) in [5.74, 6) is 0. The molecule has 0 aliphatic carbocycles. The highest BCUT2D eigenvalue weighted by Crippen LogP contribution is 2.34. The Morgan fingerprint density at radius 2 is 1.88 bits per heavy atom. The van der Waals surface area contributed by atoms with Gasteiger partial charge in [0, 0.05) is 23.3 Å². The van der Waals surface area contributed by atoms with Crippen LogP contribution in [0.25, 0.3) is 22.2 Å². The zero-order valence-corrected chi connectivity index (χ0v) is 14.9. The monoisotopic (exact) mass is 360 g/mol. The molecule has 1 aliphatic heterocycles. The first kappa shape index (κ1) is 15.9. The van der Waals surface area contributed by atoms with E-state index in [1.54, 1.807) is 0 Å². The molecule has 0 atom stereocenters. The summed E-state index contributed by atoms with van der Waals surface area (Å²) in [5.41, 5.74) is 3.00. The standard InChI is InChI=1S/C18H18Cl2N4/c1-23-8-5-13(6-9-23)24-17-4-7-21-11-14(17)18(22-24)12-2-3-15(19)16(20)10-12/h2-4,7,10-11,13H,5-6,8-9H2,1H3. The molecule has 3 aromatic rings. The molecule has 3 heterocycles. The lowest BCUT2D eigenvalue weighted by molar-refractivity contribution is 0.215. The fourth-order valence-electron chi connectivity index (χ4n) is 3.36. The zero-order chi connectivity index (χ0) is 16.7. The second-order valence-electron chi connectivity index (χ2n) is 6.35. The van der Waals surface area contributed by atoms with E-state index in [4.69, 9.17) is 28.3 Å². The molecule has 0 bridgehead atoms. The van der Waals surface area contributed by atoms with Crippen LogP contribution in [-0.2, 0) is 0 Å². The van der Waals surface area contributed by atoms with Gasteiger partial charge < -0.3 is 4.90 Å². The molecule has 1 fully saturated rings. The molecular weight excluding hydrogens is 343 g/mol. The van der Waals surface area contributed by atoms with E-state index in [9.17, 15) is 0 Å². The quantitative estimate of drug-likeness (QED) is 0.665. The minimum absolute atomic E-state index is 0.419.